The van der Waals surface area contributed by atoms with Crippen molar-refractivity contribution < 1.29 is 14.1 Å². The average molecular weight is 496 g/mol. The van der Waals surface area contributed by atoms with Gasteiger partial charge >= 0.3 is 5.69 Å². The van der Waals surface area contributed by atoms with Crippen molar-refractivity contribution in [2.45, 2.75) is 13.1 Å². The molecule has 0 fully saturated rings. The van der Waals surface area contributed by atoms with Crippen LogP contribution >= 0.6 is 0 Å². The van der Waals surface area contributed by atoms with Crippen molar-refractivity contribution in [3.05, 3.63) is 139 Å². The second-order valence-corrected chi connectivity index (χ2v) is 8.27. The van der Waals surface area contributed by atoms with E-state index in [0.29, 0.717) is 17.0 Å². The Morgan fingerprint density at radius 1 is 0.946 bits per heavy atom. The average Bonchev–Trinajstić information content (AvgIpc) is 3.44. The summed E-state index contributed by atoms with van der Waals surface area (Å²) >= 11 is 0. The Morgan fingerprint density at radius 2 is 1.76 bits per heavy atom. The number of hydrogen-bond acceptors (Lipinski definition) is 6. The first-order valence-electron chi connectivity index (χ1n) is 11.3. The molecule has 10 nitrogen and oxygen atoms in total. The minimum absolute atomic E-state index is 0.0540. The number of carbonyl (C=O) groups is 1. The predicted molar refractivity (Wildman–Crippen MR) is 136 cm³/mol. The number of hydrogen-bond donors (Lipinski definition) is 1. The number of nitrogens with zero attached hydrogens (tertiary/aromatic N) is 3. The third kappa shape index (κ3) is 4.67. The van der Waals surface area contributed by atoms with Crippen molar-refractivity contribution in [1.29, 1.82) is 0 Å². The third-order valence-corrected chi connectivity index (χ3v) is 5.89. The fourth-order valence-electron chi connectivity index (χ4n) is 4.10. The first-order valence-corrected chi connectivity index (χ1v) is 11.3. The molecule has 2 heterocycles. The first kappa shape index (κ1) is 23.5. The summed E-state index contributed by atoms with van der Waals surface area (Å²) in [6.45, 7) is 0.113. The molecule has 37 heavy (non-hydrogen) atoms. The molecular formula is C27H20N4O6. The van der Waals surface area contributed by atoms with Gasteiger partial charge in [0.05, 0.1) is 40.9 Å². The van der Waals surface area contributed by atoms with E-state index in [9.17, 15) is 24.5 Å². The van der Waals surface area contributed by atoms with Gasteiger partial charge in [-0.25, -0.2) is 9.36 Å². The number of fused-ring (bicyclic) bond motifs is 1. The molecule has 0 aliphatic heterocycles. The van der Waals surface area contributed by atoms with Crippen LogP contribution in [0.3, 0.4) is 0 Å². The smallest absolute Gasteiger partial charge is 0.336 e. The highest BCUT2D eigenvalue weighted by Gasteiger charge is 2.18. The monoisotopic (exact) mass is 496 g/mol. The summed E-state index contributed by atoms with van der Waals surface area (Å²) in [6, 6.07) is 22.3. The van der Waals surface area contributed by atoms with E-state index < -0.39 is 22.1 Å². The van der Waals surface area contributed by atoms with E-state index in [1.54, 1.807) is 48.5 Å². The SMILES string of the molecule is O=C(NCc1ccco1)c1ccc2c(=O)n(-c3ccccc3)c(=O)n(Cc3cccc([N+](=O)[O-])c3)c2c1. The number of rotatable bonds is 7. The van der Waals surface area contributed by atoms with Crippen molar-refractivity contribution >= 4 is 22.5 Å². The van der Waals surface area contributed by atoms with Crippen molar-refractivity contribution in [3.8, 4) is 5.69 Å². The Kier molecular flexibility index (Phi) is 6.21. The zero-order valence-electron chi connectivity index (χ0n) is 19.4. The van der Waals surface area contributed by atoms with Crippen LogP contribution in [0.25, 0.3) is 16.6 Å². The second-order valence-electron chi connectivity index (χ2n) is 8.27. The van der Waals surface area contributed by atoms with E-state index in [-0.39, 0.29) is 35.2 Å². The van der Waals surface area contributed by atoms with E-state index in [4.69, 9.17) is 4.42 Å². The van der Waals surface area contributed by atoms with Gasteiger partial charge < -0.3 is 9.73 Å². The molecule has 5 rings (SSSR count). The molecule has 0 radical (unpaired) electrons. The molecule has 0 saturated heterocycles. The summed E-state index contributed by atoms with van der Waals surface area (Å²) in [6.07, 6.45) is 1.50. The number of benzene rings is 3. The van der Waals surface area contributed by atoms with Crippen LogP contribution in [0, 0.1) is 10.1 Å². The highest BCUT2D eigenvalue weighted by molar-refractivity contribution is 5.97. The number of furan rings is 1. The summed E-state index contributed by atoms with van der Waals surface area (Å²) in [7, 11) is 0. The van der Waals surface area contributed by atoms with Gasteiger partial charge in [0.15, 0.2) is 0 Å². The molecule has 0 unspecified atom stereocenters. The van der Waals surface area contributed by atoms with Gasteiger partial charge in [-0.05, 0) is 48.0 Å². The highest BCUT2D eigenvalue weighted by Crippen LogP contribution is 2.18. The third-order valence-electron chi connectivity index (χ3n) is 5.89. The zero-order chi connectivity index (χ0) is 25.9. The number of amides is 1. The Balaban J connectivity index is 1.66. The molecule has 1 amide bonds. The minimum Gasteiger partial charge on any atom is -0.467 e. The number of nitro groups is 1. The number of carbonyl (C=O) groups excluding carboxylic acids is 1. The van der Waals surface area contributed by atoms with Crippen LogP contribution in [0.1, 0.15) is 21.7 Å². The van der Waals surface area contributed by atoms with Gasteiger partial charge in [0.25, 0.3) is 17.2 Å². The van der Waals surface area contributed by atoms with Crippen LogP contribution in [-0.4, -0.2) is 20.0 Å². The Hall–Kier alpha value is -5.25. The summed E-state index contributed by atoms with van der Waals surface area (Å²) in [4.78, 5) is 50.7. The lowest BCUT2D eigenvalue weighted by Crippen LogP contribution is -2.39. The maximum atomic E-state index is 13.7. The van der Waals surface area contributed by atoms with Gasteiger partial charge in [-0.2, -0.15) is 0 Å². The van der Waals surface area contributed by atoms with E-state index in [2.05, 4.69) is 5.32 Å². The molecule has 2 aromatic heterocycles. The quantitative estimate of drug-likeness (QED) is 0.271. The number of non-ortho nitro benzene ring substituents is 1. The molecule has 184 valence electrons. The number of aromatic nitrogens is 2. The van der Waals surface area contributed by atoms with Crippen LogP contribution in [0.5, 0.6) is 0 Å². The van der Waals surface area contributed by atoms with Crippen molar-refractivity contribution in [3.63, 3.8) is 0 Å². The number of nitro benzene ring substituents is 1. The summed E-state index contributed by atoms with van der Waals surface area (Å²) in [5.74, 6) is 0.155. The number of para-hydroxylation sites is 1. The van der Waals surface area contributed by atoms with E-state index in [1.807, 2.05) is 0 Å². The maximum Gasteiger partial charge on any atom is 0.336 e. The molecule has 0 saturated carbocycles. The normalized spacial score (nSPS) is 10.9. The summed E-state index contributed by atoms with van der Waals surface area (Å²) in [5.41, 5.74) is 0.0510. The molecular weight excluding hydrogens is 476 g/mol. The lowest BCUT2D eigenvalue weighted by atomic mass is 10.1. The van der Waals surface area contributed by atoms with E-state index in [1.165, 1.54) is 47.2 Å². The first-order chi connectivity index (χ1) is 17.9. The van der Waals surface area contributed by atoms with Crippen LogP contribution in [0.15, 0.2) is 105 Å². The van der Waals surface area contributed by atoms with Crippen molar-refractivity contribution in [2.24, 2.45) is 0 Å². The highest BCUT2D eigenvalue weighted by atomic mass is 16.6. The molecule has 0 aliphatic carbocycles. The molecule has 0 bridgehead atoms. The molecule has 10 heteroatoms. The fourth-order valence-corrected chi connectivity index (χ4v) is 4.10. The lowest BCUT2D eigenvalue weighted by molar-refractivity contribution is -0.384. The van der Waals surface area contributed by atoms with Gasteiger partial charge in [-0.3, -0.25) is 24.3 Å². The molecule has 0 aliphatic rings. The largest absolute Gasteiger partial charge is 0.467 e. The van der Waals surface area contributed by atoms with Crippen LogP contribution in [0.4, 0.5) is 5.69 Å². The van der Waals surface area contributed by atoms with Crippen molar-refractivity contribution in [1.82, 2.24) is 14.5 Å². The molecule has 1 N–H and O–H groups in total. The van der Waals surface area contributed by atoms with Gasteiger partial charge in [0.1, 0.15) is 5.76 Å². The standard InChI is InChI=1S/C27H20N4O6/c32-25(28-16-22-10-5-13-37-22)19-11-12-23-24(15-19)29(17-18-6-4-9-21(14-18)31(35)36)27(34)30(26(23)33)20-7-2-1-3-8-20/h1-15H,16-17H2,(H,28,32). The minimum atomic E-state index is -0.636. The Bertz CT molecular complexity index is 1740. The molecule has 0 atom stereocenters. The van der Waals surface area contributed by atoms with Crippen LogP contribution in [-0.2, 0) is 13.1 Å². The maximum absolute atomic E-state index is 13.7. The predicted octanol–water partition coefficient (Wildman–Crippen LogP) is 3.63. The van der Waals surface area contributed by atoms with Gasteiger partial charge in [0, 0.05) is 17.7 Å². The van der Waals surface area contributed by atoms with Gasteiger partial charge in [-0.15, -0.1) is 0 Å². The summed E-state index contributed by atoms with van der Waals surface area (Å²) < 4.78 is 7.63. The molecule has 3 aromatic carbocycles. The Morgan fingerprint density at radius 3 is 2.49 bits per heavy atom. The molecule has 5 aromatic rings. The van der Waals surface area contributed by atoms with E-state index in [0.717, 1.165) is 4.57 Å². The molecule has 0 spiro atoms. The van der Waals surface area contributed by atoms with Crippen LogP contribution < -0.4 is 16.6 Å². The Labute approximate surface area is 209 Å². The van der Waals surface area contributed by atoms with Gasteiger partial charge in [0.2, 0.25) is 0 Å². The topological polar surface area (TPSA) is 129 Å². The van der Waals surface area contributed by atoms with Gasteiger partial charge in [-0.1, -0.05) is 30.3 Å². The summed E-state index contributed by atoms with van der Waals surface area (Å²) in [5, 5.41) is 14.2. The fraction of sp³-hybridized carbons (Fsp3) is 0.0741. The van der Waals surface area contributed by atoms with Crippen LogP contribution in [0.2, 0.25) is 0 Å². The van der Waals surface area contributed by atoms with Crippen molar-refractivity contribution in [2.75, 3.05) is 0 Å². The second kappa shape index (κ2) is 9.78. The lowest BCUT2D eigenvalue weighted by Gasteiger charge is -2.15. The number of nitrogens with one attached hydrogen (secondary N) is 1. The van der Waals surface area contributed by atoms with E-state index >= 15 is 0 Å². The zero-order valence-corrected chi connectivity index (χ0v) is 19.4.